The average Bonchev–Trinajstić information content (AvgIpc) is 2.45. The van der Waals surface area contributed by atoms with Gasteiger partial charge in [0.15, 0.2) is 11.5 Å². The lowest BCUT2D eigenvalue weighted by Gasteiger charge is -2.12. The largest absolute Gasteiger partial charge is 0.319 e. The molecule has 0 saturated heterocycles. The molecule has 2 heterocycles. The third-order valence-electron chi connectivity index (χ3n) is 1.82. The lowest BCUT2D eigenvalue weighted by atomic mass is 10.1. The first-order valence-electron chi connectivity index (χ1n) is 4.18. The number of hydrogen-bond acceptors (Lipinski definition) is 3. The molecule has 0 saturated carbocycles. The Morgan fingerprint density at radius 1 is 1.38 bits per heavy atom. The first-order valence-corrected chi connectivity index (χ1v) is 4.18. The van der Waals surface area contributed by atoms with Gasteiger partial charge in [-0.1, -0.05) is 6.07 Å². The molecule has 0 spiro atoms. The number of pyridine rings is 1. The number of nitrogens with zero attached hydrogens (tertiary/aromatic N) is 3. The molecule has 13 heavy (non-hydrogen) atoms. The quantitative estimate of drug-likeness (QED) is 0.703. The fraction of sp³-hybridized carbons (Fsp3) is 0.333. The smallest absolute Gasteiger partial charge is 0.170 e. The van der Waals surface area contributed by atoms with Crippen LogP contribution in [0.15, 0.2) is 24.4 Å². The minimum atomic E-state index is -0.480. The summed E-state index contributed by atoms with van der Waals surface area (Å²) in [5.41, 5.74) is 6.23. The second-order valence-corrected chi connectivity index (χ2v) is 3.66. The molecule has 0 radical (unpaired) electrons. The maximum Gasteiger partial charge on any atom is 0.170 e. The topological polar surface area (TPSA) is 56.2 Å². The van der Waals surface area contributed by atoms with Crippen molar-refractivity contribution in [1.29, 1.82) is 0 Å². The summed E-state index contributed by atoms with van der Waals surface area (Å²) < 4.78 is 1.73. The van der Waals surface area contributed by atoms with Gasteiger partial charge >= 0.3 is 0 Å². The summed E-state index contributed by atoms with van der Waals surface area (Å²) in [4.78, 5) is 4.31. The van der Waals surface area contributed by atoms with Crippen LogP contribution < -0.4 is 5.73 Å². The monoisotopic (exact) mass is 176 g/mol. The number of rotatable bonds is 1. The lowest BCUT2D eigenvalue weighted by Crippen LogP contribution is -2.30. The fourth-order valence-electron chi connectivity index (χ4n) is 1.10. The number of nitrogens with two attached hydrogens (primary N) is 1. The zero-order valence-corrected chi connectivity index (χ0v) is 7.73. The van der Waals surface area contributed by atoms with Gasteiger partial charge in [0.05, 0.1) is 5.54 Å². The van der Waals surface area contributed by atoms with Gasteiger partial charge in [-0.25, -0.2) is 9.50 Å². The lowest BCUT2D eigenvalue weighted by molar-refractivity contribution is 0.514. The van der Waals surface area contributed by atoms with Crippen LogP contribution in [0.4, 0.5) is 0 Å². The molecule has 0 aliphatic heterocycles. The average molecular weight is 176 g/mol. The SMILES string of the molecule is CC(C)(N)c1nc2ccccn2n1. The second kappa shape index (κ2) is 2.53. The highest BCUT2D eigenvalue weighted by Gasteiger charge is 2.19. The third kappa shape index (κ3) is 1.40. The van der Waals surface area contributed by atoms with Crippen LogP contribution in [-0.4, -0.2) is 14.6 Å². The van der Waals surface area contributed by atoms with Crippen LogP contribution in [0.2, 0.25) is 0 Å². The Balaban J connectivity index is 2.63. The molecule has 0 unspecified atom stereocenters. The van der Waals surface area contributed by atoms with Crippen molar-refractivity contribution in [1.82, 2.24) is 14.6 Å². The van der Waals surface area contributed by atoms with Crippen molar-refractivity contribution < 1.29 is 0 Å². The highest BCUT2D eigenvalue weighted by atomic mass is 15.3. The van der Waals surface area contributed by atoms with Crippen LogP contribution >= 0.6 is 0 Å². The van der Waals surface area contributed by atoms with E-state index >= 15 is 0 Å². The zero-order valence-electron chi connectivity index (χ0n) is 7.73. The first kappa shape index (κ1) is 8.19. The molecular weight excluding hydrogens is 164 g/mol. The molecule has 0 amide bonds. The normalized spacial score (nSPS) is 12.2. The molecule has 4 nitrogen and oxygen atoms in total. The molecule has 0 aromatic carbocycles. The van der Waals surface area contributed by atoms with E-state index in [2.05, 4.69) is 10.1 Å². The molecular formula is C9H12N4. The van der Waals surface area contributed by atoms with E-state index in [4.69, 9.17) is 5.73 Å². The molecule has 2 aromatic rings. The van der Waals surface area contributed by atoms with Crippen molar-refractivity contribution in [2.45, 2.75) is 19.4 Å². The van der Waals surface area contributed by atoms with Gasteiger partial charge < -0.3 is 5.73 Å². The highest BCUT2D eigenvalue weighted by molar-refractivity contribution is 5.37. The van der Waals surface area contributed by atoms with Gasteiger partial charge in [-0.15, -0.1) is 5.10 Å². The van der Waals surface area contributed by atoms with Crippen molar-refractivity contribution in [3.05, 3.63) is 30.2 Å². The third-order valence-corrected chi connectivity index (χ3v) is 1.82. The van der Waals surface area contributed by atoms with E-state index in [9.17, 15) is 0 Å². The van der Waals surface area contributed by atoms with E-state index in [-0.39, 0.29) is 0 Å². The van der Waals surface area contributed by atoms with Crippen molar-refractivity contribution >= 4 is 5.65 Å². The maximum absolute atomic E-state index is 5.88. The number of aromatic nitrogens is 3. The molecule has 0 aliphatic rings. The van der Waals surface area contributed by atoms with Crippen LogP contribution in [0, 0.1) is 0 Å². The molecule has 2 aromatic heterocycles. The Morgan fingerprint density at radius 3 is 2.77 bits per heavy atom. The summed E-state index contributed by atoms with van der Waals surface area (Å²) in [6, 6.07) is 5.74. The maximum atomic E-state index is 5.88. The second-order valence-electron chi connectivity index (χ2n) is 3.66. The molecule has 2 N–H and O–H groups in total. The minimum absolute atomic E-state index is 0.480. The van der Waals surface area contributed by atoms with E-state index < -0.39 is 5.54 Å². The molecule has 2 rings (SSSR count). The Morgan fingerprint density at radius 2 is 2.15 bits per heavy atom. The summed E-state index contributed by atoms with van der Waals surface area (Å²) in [5, 5.41) is 4.26. The summed E-state index contributed by atoms with van der Waals surface area (Å²) in [7, 11) is 0. The first-order chi connectivity index (χ1) is 6.07. The van der Waals surface area contributed by atoms with E-state index in [1.54, 1.807) is 4.52 Å². The molecule has 0 aliphatic carbocycles. The van der Waals surface area contributed by atoms with Crippen molar-refractivity contribution in [2.24, 2.45) is 5.73 Å². The predicted molar refractivity (Wildman–Crippen MR) is 50.2 cm³/mol. The summed E-state index contributed by atoms with van der Waals surface area (Å²) >= 11 is 0. The highest BCUT2D eigenvalue weighted by Crippen LogP contribution is 2.12. The van der Waals surface area contributed by atoms with E-state index in [0.29, 0.717) is 5.82 Å². The standard InChI is InChI=1S/C9H12N4/c1-9(2,10)8-11-7-5-3-4-6-13(7)12-8/h3-6H,10H2,1-2H3. The molecule has 0 atom stereocenters. The Kier molecular flexibility index (Phi) is 1.60. The van der Waals surface area contributed by atoms with Gasteiger partial charge in [0.2, 0.25) is 0 Å². The Bertz CT molecular complexity index is 391. The van der Waals surface area contributed by atoms with E-state index in [1.165, 1.54) is 0 Å². The predicted octanol–water partition coefficient (Wildman–Crippen LogP) is 0.923. The number of hydrogen-bond donors (Lipinski definition) is 1. The van der Waals surface area contributed by atoms with Crippen LogP contribution in [-0.2, 0) is 5.54 Å². The van der Waals surface area contributed by atoms with Gasteiger partial charge in [0, 0.05) is 6.20 Å². The van der Waals surface area contributed by atoms with Gasteiger partial charge in [0.25, 0.3) is 0 Å². The fourth-order valence-corrected chi connectivity index (χ4v) is 1.10. The Hall–Kier alpha value is -1.42. The molecule has 4 heteroatoms. The van der Waals surface area contributed by atoms with Crippen molar-refractivity contribution in [3.63, 3.8) is 0 Å². The number of fused-ring (bicyclic) bond motifs is 1. The van der Waals surface area contributed by atoms with Crippen LogP contribution in [0.25, 0.3) is 5.65 Å². The molecule has 0 bridgehead atoms. The Labute approximate surface area is 76.4 Å². The van der Waals surface area contributed by atoms with Crippen molar-refractivity contribution in [3.8, 4) is 0 Å². The van der Waals surface area contributed by atoms with Gasteiger partial charge in [-0.3, -0.25) is 0 Å². The van der Waals surface area contributed by atoms with Crippen LogP contribution in [0.5, 0.6) is 0 Å². The minimum Gasteiger partial charge on any atom is -0.319 e. The molecule has 0 fully saturated rings. The zero-order chi connectivity index (χ0) is 9.47. The van der Waals surface area contributed by atoms with Crippen molar-refractivity contribution in [2.75, 3.05) is 0 Å². The van der Waals surface area contributed by atoms with Gasteiger partial charge in [-0.2, -0.15) is 0 Å². The summed E-state index contributed by atoms with van der Waals surface area (Å²) in [6.45, 7) is 3.78. The summed E-state index contributed by atoms with van der Waals surface area (Å²) in [6.07, 6.45) is 1.86. The van der Waals surface area contributed by atoms with Gasteiger partial charge in [0.1, 0.15) is 0 Å². The van der Waals surface area contributed by atoms with Gasteiger partial charge in [-0.05, 0) is 26.0 Å². The van der Waals surface area contributed by atoms with E-state index in [1.807, 2.05) is 38.2 Å². The summed E-state index contributed by atoms with van der Waals surface area (Å²) in [5.74, 6) is 0.665. The van der Waals surface area contributed by atoms with Crippen LogP contribution in [0.1, 0.15) is 19.7 Å². The van der Waals surface area contributed by atoms with E-state index in [0.717, 1.165) is 5.65 Å². The molecule has 68 valence electrons. The van der Waals surface area contributed by atoms with Crippen LogP contribution in [0.3, 0.4) is 0 Å².